The molecular formula is C20H22O2. The maximum absolute atomic E-state index is 11.8. The molecule has 1 aliphatic rings. The summed E-state index contributed by atoms with van der Waals surface area (Å²) in [6, 6.07) is 11.7. The van der Waals surface area contributed by atoms with E-state index in [0.29, 0.717) is 6.42 Å². The molecule has 3 rings (SSSR count). The molecule has 1 atom stereocenters. The summed E-state index contributed by atoms with van der Waals surface area (Å²) >= 11 is 0. The van der Waals surface area contributed by atoms with Crippen molar-refractivity contribution < 1.29 is 9.90 Å². The van der Waals surface area contributed by atoms with Crippen molar-refractivity contribution in [2.45, 2.75) is 45.4 Å². The summed E-state index contributed by atoms with van der Waals surface area (Å²) in [5.74, 6) is 0.526. The van der Waals surface area contributed by atoms with Crippen LogP contribution in [0.25, 0.3) is 0 Å². The van der Waals surface area contributed by atoms with E-state index in [2.05, 4.69) is 19.1 Å². The highest BCUT2D eigenvalue weighted by Crippen LogP contribution is 2.36. The second kappa shape index (κ2) is 5.96. The number of phenolic OH excluding ortho intramolecular Hbond substituents is 1. The lowest BCUT2D eigenvalue weighted by Gasteiger charge is -2.21. The monoisotopic (exact) mass is 294 g/mol. The molecule has 2 aromatic rings. The highest BCUT2D eigenvalue weighted by atomic mass is 16.3. The molecule has 22 heavy (non-hydrogen) atoms. The molecule has 1 aliphatic carbocycles. The van der Waals surface area contributed by atoms with Crippen LogP contribution < -0.4 is 0 Å². The maximum atomic E-state index is 11.8. The number of carbonyl (C=O) groups is 1. The van der Waals surface area contributed by atoms with Crippen LogP contribution in [0.3, 0.4) is 0 Å². The number of carbonyl (C=O) groups excluding carboxylic acids is 1. The Morgan fingerprint density at radius 3 is 2.55 bits per heavy atom. The second-order valence-electron chi connectivity index (χ2n) is 6.32. The zero-order valence-corrected chi connectivity index (χ0v) is 13.2. The van der Waals surface area contributed by atoms with Crippen LogP contribution in [0.4, 0.5) is 0 Å². The van der Waals surface area contributed by atoms with Crippen molar-refractivity contribution in [1.82, 2.24) is 0 Å². The zero-order valence-electron chi connectivity index (χ0n) is 13.2. The lowest BCUT2D eigenvalue weighted by atomic mass is 9.83. The highest BCUT2D eigenvalue weighted by Gasteiger charge is 2.22. The number of benzene rings is 2. The molecular weight excluding hydrogens is 272 g/mol. The average molecular weight is 294 g/mol. The van der Waals surface area contributed by atoms with Crippen molar-refractivity contribution >= 4 is 5.78 Å². The van der Waals surface area contributed by atoms with Crippen LogP contribution in [0.5, 0.6) is 5.75 Å². The SMILES string of the molecule is CC(=O)CC(c1ccc(O)cc1)c1ccc2c(c1C)CCC2. The Labute approximate surface area is 131 Å². The number of hydrogen-bond donors (Lipinski definition) is 1. The molecule has 1 unspecified atom stereocenters. The van der Waals surface area contributed by atoms with Crippen LogP contribution in [0.1, 0.15) is 53.5 Å². The molecule has 0 radical (unpaired) electrons. The molecule has 0 saturated heterocycles. The van der Waals surface area contributed by atoms with Crippen molar-refractivity contribution in [3.63, 3.8) is 0 Å². The van der Waals surface area contributed by atoms with Gasteiger partial charge in [0, 0.05) is 12.3 Å². The predicted molar refractivity (Wildman–Crippen MR) is 88.5 cm³/mol. The fraction of sp³-hybridized carbons (Fsp3) is 0.350. The molecule has 0 heterocycles. The lowest BCUT2D eigenvalue weighted by Crippen LogP contribution is -2.09. The molecule has 0 bridgehead atoms. The largest absolute Gasteiger partial charge is 0.508 e. The first kappa shape index (κ1) is 14.8. The van der Waals surface area contributed by atoms with Crippen LogP contribution in [0.2, 0.25) is 0 Å². The van der Waals surface area contributed by atoms with Gasteiger partial charge in [0.2, 0.25) is 0 Å². The first-order chi connectivity index (χ1) is 10.6. The summed E-state index contributed by atoms with van der Waals surface area (Å²) in [5.41, 5.74) is 6.63. The van der Waals surface area contributed by atoms with Crippen molar-refractivity contribution in [1.29, 1.82) is 0 Å². The van der Waals surface area contributed by atoms with Crippen molar-refractivity contribution in [3.8, 4) is 5.75 Å². The molecule has 2 aromatic carbocycles. The molecule has 0 aliphatic heterocycles. The van der Waals surface area contributed by atoms with Gasteiger partial charge in [-0.05, 0) is 73.1 Å². The van der Waals surface area contributed by atoms with Crippen LogP contribution >= 0.6 is 0 Å². The second-order valence-corrected chi connectivity index (χ2v) is 6.32. The van der Waals surface area contributed by atoms with Crippen molar-refractivity contribution in [2.24, 2.45) is 0 Å². The molecule has 0 amide bonds. The molecule has 114 valence electrons. The summed E-state index contributed by atoms with van der Waals surface area (Å²) < 4.78 is 0. The smallest absolute Gasteiger partial charge is 0.130 e. The summed E-state index contributed by atoms with van der Waals surface area (Å²) in [6.45, 7) is 3.84. The average Bonchev–Trinajstić information content (AvgIpc) is 2.96. The van der Waals surface area contributed by atoms with Crippen LogP contribution in [-0.2, 0) is 17.6 Å². The van der Waals surface area contributed by atoms with Gasteiger partial charge in [-0.1, -0.05) is 24.3 Å². The topological polar surface area (TPSA) is 37.3 Å². The van der Waals surface area contributed by atoms with Gasteiger partial charge in [-0.2, -0.15) is 0 Å². The standard InChI is InChI=1S/C20H22O2/c1-13(21)12-20(16-6-9-17(22)10-7-16)19-11-8-15-4-3-5-18(15)14(19)2/h6-11,20,22H,3-5,12H2,1-2H3. The van der Waals surface area contributed by atoms with Crippen LogP contribution in [-0.4, -0.2) is 10.9 Å². The number of ketones is 1. The van der Waals surface area contributed by atoms with Gasteiger partial charge in [-0.15, -0.1) is 0 Å². The van der Waals surface area contributed by atoms with E-state index >= 15 is 0 Å². The van der Waals surface area contributed by atoms with E-state index < -0.39 is 0 Å². The van der Waals surface area contributed by atoms with E-state index in [1.165, 1.54) is 35.1 Å². The van der Waals surface area contributed by atoms with E-state index in [1.807, 2.05) is 12.1 Å². The van der Waals surface area contributed by atoms with Gasteiger partial charge in [0.05, 0.1) is 0 Å². The molecule has 2 nitrogen and oxygen atoms in total. The van der Waals surface area contributed by atoms with Crippen molar-refractivity contribution in [3.05, 3.63) is 64.2 Å². The Morgan fingerprint density at radius 2 is 1.86 bits per heavy atom. The number of Topliss-reactive ketones (excluding diaryl/α,β-unsaturated/α-hetero) is 1. The van der Waals surface area contributed by atoms with Gasteiger partial charge < -0.3 is 5.11 Å². The first-order valence-corrected chi connectivity index (χ1v) is 7.96. The number of aryl methyl sites for hydroxylation is 1. The molecule has 1 N–H and O–H groups in total. The summed E-state index contributed by atoms with van der Waals surface area (Å²) in [7, 11) is 0. The fourth-order valence-electron chi connectivity index (χ4n) is 3.65. The minimum absolute atomic E-state index is 0.0731. The Kier molecular flexibility index (Phi) is 4.02. The number of aromatic hydroxyl groups is 1. The fourth-order valence-corrected chi connectivity index (χ4v) is 3.65. The lowest BCUT2D eigenvalue weighted by molar-refractivity contribution is -0.117. The van der Waals surface area contributed by atoms with Crippen molar-refractivity contribution in [2.75, 3.05) is 0 Å². The molecule has 0 spiro atoms. The van der Waals surface area contributed by atoms with Gasteiger partial charge in [-0.25, -0.2) is 0 Å². The minimum atomic E-state index is 0.0731. The third-order valence-corrected chi connectivity index (χ3v) is 4.77. The van der Waals surface area contributed by atoms with Gasteiger partial charge >= 0.3 is 0 Å². The quantitative estimate of drug-likeness (QED) is 0.912. The van der Waals surface area contributed by atoms with E-state index in [4.69, 9.17) is 0 Å². The third-order valence-electron chi connectivity index (χ3n) is 4.77. The van der Waals surface area contributed by atoms with Gasteiger partial charge in [-0.3, -0.25) is 4.79 Å². The maximum Gasteiger partial charge on any atom is 0.130 e. The van der Waals surface area contributed by atoms with E-state index in [9.17, 15) is 9.90 Å². The van der Waals surface area contributed by atoms with E-state index in [-0.39, 0.29) is 17.5 Å². The third kappa shape index (κ3) is 2.78. The molecule has 0 saturated carbocycles. The zero-order chi connectivity index (χ0) is 15.7. The summed E-state index contributed by atoms with van der Waals surface area (Å²) in [6.07, 6.45) is 4.06. The van der Waals surface area contributed by atoms with Gasteiger partial charge in [0.25, 0.3) is 0 Å². The Balaban J connectivity index is 2.06. The molecule has 0 aromatic heterocycles. The first-order valence-electron chi connectivity index (χ1n) is 7.96. The summed E-state index contributed by atoms with van der Waals surface area (Å²) in [4.78, 5) is 11.8. The van der Waals surface area contributed by atoms with Crippen LogP contribution in [0, 0.1) is 6.92 Å². The molecule has 2 heteroatoms. The normalized spacial score (nSPS) is 14.6. The van der Waals surface area contributed by atoms with Gasteiger partial charge in [0.1, 0.15) is 11.5 Å². The Morgan fingerprint density at radius 1 is 1.14 bits per heavy atom. The Bertz CT molecular complexity index is 698. The minimum Gasteiger partial charge on any atom is -0.508 e. The number of rotatable bonds is 4. The number of fused-ring (bicyclic) bond motifs is 1. The van der Waals surface area contributed by atoms with E-state index in [1.54, 1.807) is 19.1 Å². The highest BCUT2D eigenvalue weighted by molar-refractivity contribution is 5.77. The summed E-state index contributed by atoms with van der Waals surface area (Å²) in [5, 5.41) is 9.51. The Hall–Kier alpha value is -2.09. The predicted octanol–water partition coefficient (Wildman–Crippen LogP) is 4.30. The number of hydrogen-bond acceptors (Lipinski definition) is 2. The number of phenols is 1. The van der Waals surface area contributed by atoms with Crippen LogP contribution in [0.15, 0.2) is 36.4 Å². The molecule has 0 fully saturated rings. The van der Waals surface area contributed by atoms with E-state index in [0.717, 1.165) is 12.0 Å². The van der Waals surface area contributed by atoms with Gasteiger partial charge in [0.15, 0.2) is 0 Å².